The minimum atomic E-state index is 0. The monoisotopic (exact) mass is 309 g/mol. The van der Waals surface area contributed by atoms with Gasteiger partial charge in [-0.1, -0.05) is 28.5 Å². The number of rotatable bonds is 1. The van der Waals surface area contributed by atoms with Gasteiger partial charge in [-0.05, 0) is 62.2 Å². The quantitative estimate of drug-likeness (QED) is 0.557. The van der Waals surface area contributed by atoms with Gasteiger partial charge in [0.05, 0.1) is 11.4 Å². The Balaban J connectivity index is 0.000000256. The summed E-state index contributed by atoms with van der Waals surface area (Å²) in [7, 11) is 1.28. The number of pyridine rings is 1. The SMILES string of the molecule is C[C]1[CH][P][C](c2ccccn2)[C]1C.[CH]1[CH][CH][CH][CH]1.[Fe]. The summed E-state index contributed by atoms with van der Waals surface area (Å²) in [5.41, 5.74) is 2.45. The van der Waals surface area contributed by atoms with E-state index in [0.29, 0.717) is 0 Å². The van der Waals surface area contributed by atoms with E-state index in [1.54, 1.807) is 0 Å². The molecule has 10 radical (unpaired) electrons. The molecule has 1 saturated carbocycles. The standard InChI is InChI=1S/C11H11NP.C5H5.Fe/c1-8-7-13-11(9(8)2)10-5-3-4-6-12-10;1-2-4-5-3-1;/h3-7H,1-2H3;1-5H;. The zero-order chi connectivity index (χ0) is 12.8. The van der Waals surface area contributed by atoms with Gasteiger partial charge in [0.1, 0.15) is 0 Å². The van der Waals surface area contributed by atoms with Crippen molar-refractivity contribution >= 4 is 8.58 Å². The van der Waals surface area contributed by atoms with Crippen LogP contribution in [0.25, 0.3) is 0 Å². The maximum absolute atomic E-state index is 4.35. The topological polar surface area (TPSA) is 12.9 Å². The van der Waals surface area contributed by atoms with Crippen molar-refractivity contribution in [3.05, 3.63) is 85.9 Å². The van der Waals surface area contributed by atoms with E-state index in [1.807, 2.05) is 50.4 Å². The zero-order valence-electron chi connectivity index (χ0n) is 11.0. The normalized spacial score (nSPS) is 22.0. The first kappa shape index (κ1) is 17.2. The van der Waals surface area contributed by atoms with Gasteiger partial charge in [0.2, 0.25) is 0 Å². The third-order valence-corrected chi connectivity index (χ3v) is 4.14. The number of aromatic nitrogens is 1. The van der Waals surface area contributed by atoms with Crippen LogP contribution in [0, 0.1) is 55.8 Å². The summed E-state index contributed by atoms with van der Waals surface area (Å²) in [6.07, 6.45) is 14.1. The molecule has 0 spiro atoms. The molecule has 1 aromatic rings. The van der Waals surface area contributed by atoms with E-state index in [-0.39, 0.29) is 17.1 Å². The van der Waals surface area contributed by atoms with Crippen molar-refractivity contribution in [1.82, 2.24) is 4.98 Å². The molecule has 0 amide bonds. The van der Waals surface area contributed by atoms with Crippen LogP contribution in [0.15, 0.2) is 24.4 Å². The minimum absolute atomic E-state index is 0. The van der Waals surface area contributed by atoms with Gasteiger partial charge in [0.25, 0.3) is 0 Å². The number of hydrogen-bond acceptors (Lipinski definition) is 1. The van der Waals surface area contributed by atoms with Crippen molar-refractivity contribution in [3.63, 3.8) is 0 Å². The van der Waals surface area contributed by atoms with E-state index in [4.69, 9.17) is 0 Å². The first-order valence-corrected chi connectivity index (χ1v) is 6.92. The van der Waals surface area contributed by atoms with Gasteiger partial charge in [-0.25, -0.2) is 0 Å². The molecule has 19 heavy (non-hydrogen) atoms. The van der Waals surface area contributed by atoms with Gasteiger partial charge >= 0.3 is 0 Å². The molecular formula is C16H16FeNP. The molecule has 2 heterocycles. The third-order valence-electron chi connectivity index (χ3n) is 2.80. The molecule has 0 bridgehead atoms. The molecule has 2 fully saturated rings. The van der Waals surface area contributed by atoms with Crippen LogP contribution in [0.5, 0.6) is 0 Å². The maximum atomic E-state index is 4.35. The van der Waals surface area contributed by atoms with Crippen LogP contribution in [0.4, 0.5) is 0 Å². The van der Waals surface area contributed by atoms with Crippen LogP contribution < -0.4 is 0 Å². The Bertz CT molecular complexity index is 332. The van der Waals surface area contributed by atoms with E-state index in [1.165, 1.54) is 26.1 Å². The summed E-state index contributed by atoms with van der Waals surface area (Å²) in [5.74, 6) is 2.75. The summed E-state index contributed by atoms with van der Waals surface area (Å²) in [5, 5.41) is 0. The van der Waals surface area contributed by atoms with Gasteiger partial charge in [-0.15, -0.1) is 0 Å². The second-order valence-electron chi connectivity index (χ2n) is 4.09. The summed E-state index contributed by atoms with van der Waals surface area (Å²) in [4.78, 5) is 4.35. The van der Waals surface area contributed by atoms with Gasteiger partial charge in [-0.3, -0.25) is 4.98 Å². The Kier molecular flexibility index (Phi) is 8.23. The molecular weight excluding hydrogens is 293 g/mol. The number of nitrogens with zero attached hydrogens (tertiary/aromatic N) is 1. The minimum Gasteiger partial charge on any atom is -0.260 e. The Morgan fingerprint density at radius 3 is 2.00 bits per heavy atom. The molecule has 3 heteroatoms. The van der Waals surface area contributed by atoms with E-state index >= 15 is 0 Å². The molecule has 0 N–H and O–H groups in total. The molecule has 0 atom stereocenters. The predicted octanol–water partition coefficient (Wildman–Crippen LogP) is 4.29. The summed E-state index contributed by atoms with van der Waals surface area (Å²) >= 11 is 0. The maximum Gasteiger partial charge on any atom is 0.0593 e. The predicted molar refractivity (Wildman–Crippen MR) is 77.1 cm³/mol. The van der Waals surface area contributed by atoms with Crippen LogP contribution in [-0.2, 0) is 17.1 Å². The smallest absolute Gasteiger partial charge is 0.0593 e. The number of hydrogen-bond donors (Lipinski definition) is 0. The van der Waals surface area contributed by atoms with Crippen LogP contribution in [0.2, 0.25) is 0 Å². The van der Waals surface area contributed by atoms with Crippen molar-refractivity contribution in [3.8, 4) is 0 Å². The molecule has 2 aliphatic rings. The first-order chi connectivity index (χ1) is 8.79. The third kappa shape index (κ3) is 5.18. The van der Waals surface area contributed by atoms with Crippen LogP contribution >= 0.6 is 8.58 Å². The molecule has 1 aromatic heterocycles. The van der Waals surface area contributed by atoms with Gasteiger partial charge < -0.3 is 0 Å². The average molecular weight is 309 g/mol. The van der Waals surface area contributed by atoms with Crippen molar-refractivity contribution in [2.75, 3.05) is 0 Å². The second kappa shape index (κ2) is 9.11. The van der Waals surface area contributed by atoms with E-state index in [0.717, 1.165) is 5.69 Å². The Morgan fingerprint density at radius 2 is 1.58 bits per heavy atom. The van der Waals surface area contributed by atoms with Crippen molar-refractivity contribution in [1.29, 1.82) is 0 Å². The average Bonchev–Trinajstić information content (AvgIpc) is 3.06. The van der Waals surface area contributed by atoms with Crippen LogP contribution in [0.3, 0.4) is 0 Å². The van der Waals surface area contributed by atoms with E-state index < -0.39 is 0 Å². The molecule has 3 rings (SSSR count). The Morgan fingerprint density at radius 1 is 0.947 bits per heavy atom. The molecule has 0 aromatic carbocycles. The fourth-order valence-electron chi connectivity index (χ4n) is 1.62. The van der Waals surface area contributed by atoms with E-state index in [2.05, 4.69) is 31.1 Å². The molecule has 98 valence electrons. The second-order valence-corrected chi connectivity index (χ2v) is 5.06. The van der Waals surface area contributed by atoms with E-state index in [9.17, 15) is 0 Å². The summed E-state index contributed by atoms with van der Waals surface area (Å²) < 4.78 is 0. The van der Waals surface area contributed by atoms with Crippen molar-refractivity contribution in [2.45, 2.75) is 13.8 Å². The van der Waals surface area contributed by atoms with Gasteiger partial charge in [-0.2, -0.15) is 0 Å². The molecule has 1 saturated heterocycles. The van der Waals surface area contributed by atoms with Crippen LogP contribution in [0.1, 0.15) is 19.5 Å². The molecule has 1 aliphatic carbocycles. The largest absolute Gasteiger partial charge is 0.260 e. The molecule has 1 aliphatic heterocycles. The van der Waals surface area contributed by atoms with Crippen molar-refractivity contribution < 1.29 is 17.1 Å². The summed E-state index contributed by atoms with van der Waals surface area (Å²) in [6.45, 7) is 4.31. The Labute approximate surface area is 130 Å². The fraction of sp³-hybridized carbons (Fsp3) is 0.125. The molecule has 0 unspecified atom stereocenters. The Hall–Kier alpha value is 0.0995. The first-order valence-electron chi connectivity index (χ1n) is 5.96. The van der Waals surface area contributed by atoms with Crippen molar-refractivity contribution in [2.24, 2.45) is 0 Å². The summed E-state index contributed by atoms with van der Waals surface area (Å²) in [6, 6.07) is 6.05. The fourth-order valence-corrected chi connectivity index (χ4v) is 2.77. The van der Waals surface area contributed by atoms with Gasteiger partial charge in [0, 0.05) is 23.3 Å². The molecule has 1 nitrogen and oxygen atoms in total. The van der Waals surface area contributed by atoms with Crippen LogP contribution in [-0.4, -0.2) is 4.98 Å². The zero-order valence-corrected chi connectivity index (χ0v) is 13.0. The van der Waals surface area contributed by atoms with Gasteiger partial charge in [0.15, 0.2) is 0 Å².